The monoisotopic (exact) mass is 349 g/mol. The van der Waals surface area contributed by atoms with Crippen LogP contribution in [0.3, 0.4) is 0 Å². The molecule has 0 aliphatic heterocycles. The molecule has 0 aliphatic carbocycles. The summed E-state index contributed by atoms with van der Waals surface area (Å²) in [4.78, 5) is 0. The molecular weight excluding hydrogens is 338 g/mol. The van der Waals surface area contributed by atoms with Crippen molar-refractivity contribution in [3.8, 4) is 0 Å². The van der Waals surface area contributed by atoms with E-state index in [0.29, 0.717) is 0 Å². The second kappa shape index (κ2) is 4.87. The van der Waals surface area contributed by atoms with E-state index in [2.05, 4.69) is 72.8 Å². The minimum absolute atomic E-state index is 0. The number of rotatable bonds is 0. The molecule has 0 spiro atoms. The molecule has 4 aromatic carbocycles. The molecule has 89 valence electrons. The summed E-state index contributed by atoms with van der Waals surface area (Å²) < 4.78 is 0. The Morgan fingerprint density at radius 2 is 0.474 bits per heavy atom. The maximum Gasteiger partial charge on any atom is 0 e. The summed E-state index contributed by atoms with van der Waals surface area (Å²) in [7, 11) is 0. The van der Waals surface area contributed by atoms with Crippen molar-refractivity contribution in [1.29, 1.82) is 0 Å². The smallest absolute Gasteiger partial charge is 0 e. The zero-order valence-electron chi connectivity index (χ0n) is 10.4. The molecule has 0 N–H and O–H groups in total. The second-order valence-corrected chi connectivity index (χ2v) is 4.64. The van der Waals surface area contributed by atoms with Crippen LogP contribution in [0.25, 0.3) is 32.3 Å². The standard InChI is InChI=1S/C18H12.Sb/c1-2-8-14-13(7-1)15-9-3-4-11-17(15)18-12-6-5-10-16(14)18;/h1-12H;. The normalized spacial score (nSPS) is 10.7. The molecule has 4 aromatic rings. The van der Waals surface area contributed by atoms with Crippen LogP contribution in [0.15, 0.2) is 72.8 Å². The third-order valence-corrected chi connectivity index (χ3v) is 3.65. The molecule has 0 unspecified atom stereocenters. The van der Waals surface area contributed by atoms with Gasteiger partial charge in [-0.15, -0.1) is 0 Å². The van der Waals surface area contributed by atoms with E-state index in [-0.39, 0.29) is 24.4 Å². The predicted molar refractivity (Wildman–Crippen MR) is 84.7 cm³/mol. The number of benzene rings is 4. The fourth-order valence-corrected chi connectivity index (χ4v) is 2.86. The molecule has 1 heteroatoms. The van der Waals surface area contributed by atoms with Crippen LogP contribution in [0.2, 0.25) is 0 Å². The largest absolute Gasteiger partial charge is 0.0616 e. The van der Waals surface area contributed by atoms with Gasteiger partial charge in [-0.05, 0) is 32.3 Å². The molecule has 0 aliphatic rings. The van der Waals surface area contributed by atoms with Gasteiger partial charge in [-0.2, -0.15) is 0 Å². The SMILES string of the molecule is [Sb].c1ccc2c(c1)c1ccccc1c1ccccc21. The van der Waals surface area contributed by atoms with Gasteiger partial charge in [0.25, 0.3) is 0 Å². The Bertz CT molecular complexity index is 657. The van der Waals surface area contributed by atoms with Gasteiger partial charge in [-0.3, -0.25) is 0 Å². The summed E-state index contributed by atoms with van der Waals surface area (Å²) in [6.07, 6.45) is 0. The molecule has 19 heavy (non-hydrogen) atoms. The van der Waals surface area contributed by atoms with Crippen molar-refractivity contribution in [1.82, 2.24) is 0 Å². The number of fused-ring (bicyclic) bond motifs is 6. The summed E-state index contributed by atoms with van der Waals surface area (Å²) in [6, 6.07) is 26.0. The van der Waals surface area contributed by atoms with Crippen molar-refractivity contribution < 1.29 is 0 Å². The van der Waals surface area contributed by atoms with Crippen LogP contribution >= 0.6 is 0 Å². The van der Waals surface area contributed by atoms with Crippen molar-refractivity contribution in [2.45, 2.75) is 0 Å². The first-order valence-electron chi connectivity index (χ1n) is 6.23. The Morgan fingerprint density at radius 1 is 0.316 bits per heavy atom. The van der Waals surface area contributed by atoms with E-state index in [1.165, 1.54) is 32.3 Å². The fraction of sp³-hybridized carbons (Fsp3) is 0. The van der Waals surface area contributed by atoms with Gasteiger partial charge in [0.2, 0.25) is 0 Å². The van der Waals surface area contributed by atoms with E-state index in [1.54, 1.807) is 0 Å². The van der Waals surface area contributed by atoms with E-state index in [1.807, 2.05) is 0 Å². The van der Waals surface area contributed by atoms with Crippen LogP contribution in [-0.2, 0) is 0 Å². The Kier molecular flexibility index (Phi) is 3.20. The van der Waals surface area contributed by atoms with Crippen LogP contribution < -0.4 is 0 Å². The maximum atomic E-state index is 2.21. The number of hydrogen-bond acceptors (Lipinski definition) is 0. The third kappa shape index (κ3) is 1.83. The zero-order valence-corrected chi connectivity index (χ0v) is 12.9. The summed E-state index contributed by atoms with van der Waals surface area (Å²) in [5.74, 6) is 0. The van der Waals surface area contributed by atoms with E-state index in [0.717, 1.165) is 0 Å². The molecule has 0 fully saturated rings. The van der Waals surface area contributed by atoms with Gasteiger partial charge in [0.15, 0.2) is 0 Å². The van der Waals surface area contributed by atoms with Crippen LogP contribution in [0.1, 0.15) is 0 Å². The Morgan fingerprint density at radius 3 is 0.632 bits per heavy atom. The van der Waals surface area contributed by atoms with Crippen LogP contribution in [0.4, 0.5) is 0 Å². The molecule has 0 saturated carbocycles. The average molecular weight is 350 g/mol. The summed E-state index contributed by atoms with van der Waals surface area (Å²) >= 11 is 0. The number of hydrogen-bond donors (Lipinski definition) is 0. The summed E-state index contributed by atoms with van der Waals surface area (Å²) in [5, 5.41) is 8.04. The van der Waals surface area contributed by atoms with Gasteiger partial charge in [0.1, 0.15) is 0 Å². The van der Waals surface area contributed by atoms with E-state index >= 15 is 0 Å². The molecular formula is C18H12Sb. The van der Waals surface area contributed by atoms with Gasteiger partial charge in [-0.25, -0.2) is 0 Å². The first-order chi connectivity index (χ1) is 8.95. The first-order valence-corrected chi connectivity index (χ1v) is 6.23. The average Bonchev–Trinajstić information content (AvgIpc) is 2.48. The second-order valence-electron chi connectivity index (χ2n) is 4.64. The van der Waals surface area contributed by atoms with Crippen molar-refractivity contribution in [2.24, 2.45) is 0 Å². The van der Waals surface area contributed by atoms with Crippen LogP contribution in [0.5, 0.6) is 0 Å². The van der Waals surface area contributed by atoms with Gasteiger partial charge in [-0.1, -0.05) is 72.8 Å². The summed E-state index contributed by atoms with van der Waals surface area (Å²) in [5.41, 5.74) is 0. The Balaban J connectivity index is 0.00000110. The fourth-order valence-electron chi connectivity index (χ4n) is 2.86. The van der Waals surface area contributed by atoms with Crippen molar-refractivity contribution in [3.05, 3.63) is 72.8 Å². The molecule has 3 radical (unpaired) electrons. The molecule has 0 heterocycles. The van der Waals surface area contributed by atoms with Crippen LogP contribution in [-0.4, -0.2) is 24.4 Å². The molecule has 0 saturated heterocycles. The van der Waals surface area contributed by atoms with Crippen molar-refractivity contribution in [3.63, 3.8) is 0 Å². The van der Waals surface area contributed by atoms with E-state index in [4.69, 9.17) is 0 Å². The third-order valence-electron chi connectivity index (χ3n) is 3.65. The Labute approximate surface area is 129 Å². The van der Waals surface area contributed by atoms with Gasteiger partial charge in [0.05, 0.1) is 0 Å². The van der Waals surface area contributed by atoms with Gasteiger partial charge < -0.3 is 0 Å². The van der Waals surface area contributed by atoms with Crippen molar-refractivity contribution >= 4 is 56.7 Å². The predicted octanol–water partition coefficient (Wildman–Crippen LogP) is 4.77. The molecule has 0 amide bonds. The maximum absolute atomic E-state index is 2.21. The van der Waals surface area contributed by atoms with Gasteiger partial charge in [0, 0.05) is 24.4 Å². The molecule has 0 atom stereocenters. The minimum Gasteiger partial charge on any atom is -0.0616 e. The molecule has 4 rings (SSSR count). The minimum atomic E-state index is 0. The first kappa shape index (κ1) is 12.5. The zero-order chi connectivity index (χ0) is 11.9. The van der Waals surface area contributed by atoms with E-state index < -0.39 is 0 Å². The quantitative estimate of drug-likeness (QED) is 0.317. The summed E-state index contributed by atoms with van der Waals surface area (Å²) in [6.45, 7) is 0. The molecule has 0 aromatic heterocycles. The van der Waals surface area contributed by atoms with Gasteiger partial charge >= 0.3 is 0 Å². The topological polar surface area (TPSA) is 0 Å². The molecule has 0 bridgehead atoms. The van der Waals surface area contributed by atoms with Crippen LogP contribution in [0, 0.1) is 0 Å². The Hall–Kier alpha value is -1.52. The van der Waals surface area contributed by atoms with Crippen molar-refractivity contribution in [2.75, 3.05) is 0 Å². The molecule has 0 nitrogen and oxygen atoms in total. The van der Waals surface area contributed by atoms with E-state index in [9.17, 15) is 0 Å².